The lowest BCUT2D eigenvalue weighted by atomic mass is 9.94. The number of carbonyl (C=O) groups excluding carboxylic acids is 1. The van der Waals surface area contributed by atoms with Gasteiger partial charge in [-0.2, -0.15) is 0 Å². The Hall–Kier alpha value is -2.40. The maximum Gasteiger partial charge on any atom is 0.338 e. The van der Waals surface area contributed by atoms with Crippen LogP contribution in [0.5, 0.6) is 0 Å². The first-order valence-electron chi connectivity index (χ1n) is 7.54. The van der Waals surface area contributed by atoms with Gasteiger partial charge in [-0.3, -0.25) is 0 Å². The molecule has 0 fully saturated rings. The summed E-state index contributed by atoms with van der Waals surface area (Å²) in [6.07, 6.45) is 0. The predicted molar refractivity (Wildman–Crippen MR) is 94.9 cm³/mol. The zero-order valence-corrected chi connectivity index (χ0v) is 13.9. The Morgan fingerprint density at radius 1 is 1.22 bits per heavy atom. The molecule has 0 unspecified atom stereocenters. The number of hydrogen-bond acceptors (Lipinski definition) is 3. The first-order valence-corrected chi connectivity index (χ1v) is 7.95. The quantitative estimate of drug-likeness (QED) is 0.670. The third-order valence-electron chi connectivity index (χ3n) is 3.87. The molecule has 2 aromatic rings. The van der Waals surface area contributed by atoms with Crippen molar-refractivity contribution < 1.29 is 9.53 Å². The number of fused-ring (bicyclic) bond motifs is 1. The molecule has 0 aliphatic carbocycles. The lowest BCUT2D eigenvalue weighted by Gasteiger charge is -2.30. The van der Waals surface area contributed by atoms with E-state index in [1.54, 1.807) is 6.92 Å². The summed E-state index contributed by atoms with van der Waals surface area (Å²) in [4.78, 5) is 12.4. The maximum atomic E-state index is 12.4. The number of hydrogen-bond donors (Lipinski definition) is 2. The van der Waals surface area contributed by atoms with Crippen molar-refractivity contribution in [3.8, 4) is 0 Å². The first kappa shape index (κ1) is 15.5. The number of allylic oxidation sites excluding steroid dienone is 1. The fraction of sp³-hybridized carbons (Fsp3) is 0.222. The monoisotopic (exact) mass is 326 g/mol. The minimum atomic E-state index is -0.328. The highest BCUT2D eigenvalue weighted by molar-refractivity contribution is 7.80. The van der Waals surface area contributed by atoms with Crippen LogP contribution >= 0.6 is 12.2 Å². The van der Waals surface area contributed by atoms with Crippen LogP contribution in [0, 0.1) is 0 Å². The summed E-state index contributed by atoms with van der Waals surface area (Å²) in [5.74, 6) is -0.328. The van der Waals surface area contributed by atoms with Gasteiger partial charge in [-0.1, -0.05) is 36.4 Å². The van der Waals surface area contributed by atoms with Crippen molar-refractivity contribution >= 4 is 34.1 Å². The zero-order chi connectivity index (χ0) is 16.4. The number of esters is 1. The summed E-state index contributed by atoms with van der Waals surface area (Å²) in [7, 11) is 0. The van der Waals surface area contributed by atoms with Crippen LogP contribution in [0.3, 0.4) is 0 Å². The summed E-state index contributed by atoms with van der Waals surface area (Å²) in [5, 5.41) is 8.97. The molecule has 1 aliphatic heterocycles. The highest BCUT2D eigenvalue weighted by Gasteiger charge is 2.30. The molecule has 1 heterocycles. The third-order valence-corrected chi connectivity index (χ3v) is 4.09. The van der Waals surface area contributed by atoms with E-state index >= 15 is 0 Å². The van der Waals surface area contributed by atoms with Gasteiger partial charge < -0.3 is 15.4 Å². The van der Waals surface area contributed by atoms with Crippen LogP contribution in [0.1, 0.15) is 25.5 Å². The zero-order valence-electron chi connectivity index (χ0n) is 13.1. The summed E-state index contributed by atoms with van der Waals surface area (Å²) < 4.78 is 5.21. The van der Waals surface area contributed by atoms with E-state index in [2.05, 4.69) is 34.9 Å². The van der Waals surface area contributed by atoms with Crippen LogP contribution in [0.2, 0.25) is 0 Å². The van der Waals surface area contributed by atoms with Crippen molar-refractivity contribution in [2.45, 2.75) is 19.9 Å². The van der Waals surface area contributed by atoms with Crippen LogP contribution in [0.25, 0.3) is 10.8 Å². The van der Waals surface area contributed by atoms with Gasteiger partial charge in [0.25, 0.3) is 0 Å². The van der Waals surface area contributed by atoms with Crippen molar-refractivity contribution in [3.63, 3.8) is 0 Å². The van der Waals surface area contributed by atoms with E-state index in [-0.39, 0.29) is 12.0 Å². The number of carbonyl (C=O) groups is 1. The average Bonchev–Trinajstić information content (AvgIpc) is 2.53. The second kappa shape index (κ2) is 6.38. The lowest BCUT2D eigenvalue weighted by molar-refractivity contribution is -0.139. The van der Waals surface area contributed by atoms with E-state index in [9.17, 15) is 4.79 Å². The molecule has 0 spiro atoms. The molecule has 0 aromatic heterocycles. The third kappa shape index (κ3) is 3.05. The van der Waals surface area contributed by atoms with E-state index < -0.39 is 0 Å². The molecule has 0 saturated heterocycles. The Balaban J connectivity index is 2.07. The fourth-order valence-corrected chi connectivity index (χ4v) is 3.08. The molecule has 4 nitrogen and oxygen atoms in total. The molecule has 2 N–H and O–H groups in total. The van der Waals surface area contributed by atoms with Crippen LogP contribution in [-0.4, -0.2) is 17.7 Å². The molecular formula is C18H18N2O2S. The molecule has 5 heteroatoms. The summed E-state index contributed by atoms with van der Waals surface area (Å²) in [6, 6.07) is 14.0. The van der Waals surface area contributed by atoms with Gasteiger partial charge in [0.15, 0.2) is 5.11 Å². The Labute approximate surface area is 140 Å². The molecule has 23 heavy (non-hydrogen) atoms. The summed E-state index contributed by atoms with van der Waals surface area (Å²) in [6.45, 7) is 3.98. The number of thiocarbonyl (C=S) groups is 1. The lowest BCUT2D eigenvalue weighted by Crippen LogP contribution is -2.45. The second-order valence-corrected chi connectivity index (χ2v) is 5.81. The summed E-state index contributed by atoms with van der Waals surface area (Å²) >= 11 is 5.25. The molecule has 0 radical (unpaired) electrons. The van der Waals surface area contributed by atoms with E-state index in [1.807, 2.05) is 25.1 Å². The van der Waals surface area contributed by atoms with Gasteiger partial charge in [0, 0.05) is 5.70 Å². The normalized spacial score (nSPS) is 17.7. The van der Waals surface area contributed by atoms with Gasteiger partial charge in [-0.15, -0.1) is 0 Å². The van der Waals surface area contributed by atoms with Crippen LogP contribution in [0.4, 0.5) is 0 Å². The topological polar surface area (TPSA) is 50.4 Å². The van der Waals surface area contributed by atoms with Crippen LogP contribution in [-0.2, 0) is 9.53 Å². The highest BCUT2D eigenvalue weighted by atomic mass is 32.1. The Morgan fingerprint density at radius 3 is 2.70 bits per heavy atom. The first-order chi connectivity index (χ1) is 11.1. The second-order valence-electron chi connectivity index (χ2n) is 5.40. The van der Waals surface area contributed by atoms with Crippen molar-refractivity contribution in [1.82, 2.24) is 10.6 Å². The van der Waals surface area contributed by atoms with E-state index in [0.717, 1.165) is 22.0 Å². The molecule has 118 valence electrons. The van der Waals surface area contributed by atoms with Crippen molar-refractivity contribution in [1.29, 1.82) is 0 Å². The van der Waals surface area contributed by atoms with E-state index in [1.165, 1.54) is 0 Å². The van der Waals surface area contributed by atoms with Gasteiger partial charge in [0.1, 0.15) is 0 Å². The van der Waals surface area contributed by atoms with Gasteiger partial charge in [0.2, 0.25) is 0 Å². The van der Waals surface area contributed by atoms with Gasteiger partial charge in [0.05, 0.1) is 18.2 Å². The maximum absolute atomic E-state index is 12.4. The number of rotatable bonds is 3. The van der Waals surface area contributed by atoms with Crippen molar-refractivity contribution in [3.05, 3.63) is 59.3 Å². The Bertz CT molecular complexity index is 814. The molecular weight excluding hydrogens is 308 g/mol. The molecule has 1 aliphatic rings. The van der Waals surface area contributed by atoms with Gasteiger partial charge in [-0.05, 0) is 48.5 Å². The minimum absolute atomic E-state index is 0.313. The van der Waals surface area contributed by atoms with Crippen molar-refractivity contribution in [2.24, 2.45) is 0 Å². The molecule has 3 rings (SSSR count). The smallest absolute Gasteiger partial charge is 0.338 e. The standard InChI is InChI=1S/C18H18N2O2S/c1-3-22-17(21)15-11(2)19-18(23)20-16(15)14-9-8-12-6-4-5-7-13(12)10-14/h4-10,16H,3H2,1-2H3,(H2,19,20,23)/t16-/m0/s1. The summed E-state index contributed by atoms with van der Waals surface area (Å²) in [5.41, 5.74) is 2.27. The van der Waals surface area contributed by atoms with Gasteiger partial charge in [-0.25, -0.2) is 4.79 Å². The number of ether oxygens (including phenoxy) is 1. The predicted octanol–water partition coefficient (Wildman–Crippen LogP) is 3.20. The molecule has 0 amide bonds. The number of nitrogens with one attached hydrogen (secondary N) is 2. The van der Waals surface area contributed by atoms with Crippen LogP contribution < -0.4 is 10.6 Å². The highest BCUT2D eigenvalue weighted by Crippen LogP contribution is 2.29. The van der Waals surface area contributed by atoms with Crippen molar-refractivity contribution in [2.75, 3.05) is 6.61 Å². The van der Waals surface area contributed by atoms with Gasteiger partial charge >= 0.3 is 5.97 Å². The largest absolute Gasteiger partial charge is 0.463 e. The molecule has 1 atom stereocenters. The minimum Gasteiger partial charge on any atom is -0.463 e. The number of benzene rings is 2. The van der Waals surface area contributed by atoms with E-state index in [4.69, 9.17) is 17.0 Å². The SMILES string of the molecule is CCOC(=O)C1=C(C)NC(=S)N[C@H]1c1ccc2ccccc2c1. The Kier molecular flexibility index (Phi) is 4.30. The fourth-order valence-electron chi connectivity index (χ4n) is 2.81. The Morgan fingerprint density at radius 2 is 1.96 bits per heavy atom. The molecule has 0 bridgehead atoms. The van der Waals surface area contributed by atoms with E-state index in [0.29, 0.717) is 17.3 Å². The molecule has 0 saturated carbocycles. The van der Waals surface area contributed by atoms with Crippen LogP contribution in [0.15, 0.2) is 53.7 Å². The molecule has 2 aromatic carbocycles. The average molecular weight is 326 g/mol.